The average molecular weight is 329 g/mol. The van der Waals surface area contributed by atoms with E-state index >= 15 is 0 Å². The van der Waals surface area contributed by atoms with Crippen LogP contribution in [0.15, 0.2) is 22.7 Å². The maximum absolute atomic E-state index is 11.8. The molecule has 0 unspecified atom stereocenters. The van der Waals surface area contributed by atoms with Gasteiger partial charge in [0.2, 0.25) is 5.91 Å². The number of hydrogen-bond acceptors (Lipinski definition) is 3. The topological polar surface area (TPSA) is 52.6 Å². The van der Waals surface area contributed by atoms with Crippen molar-refractivity contribution in [2.24, 2.45) is 5.92 Å². The molecule has 0 bridgehead atoms. The molecule has 2 N–H and O–H groups in total. The lowest BCUT2D eigenvalue weighted by atomic mass is 10.2. The summed E-state index contributed by atoms with van der Waals surface area (Å²) in [6.07, 6.45) is 0. The Kier molecular flexibility index (Phi) is 6.31. The van der Waals surface area contributed by atoms with E-state index in [-0.39, 0.29) is 12.5 Å². The standard InChI is InChI=1S/C14H21BrN2O2/c1-10(2)7-16-14(19)8-17(3)13-5-4-11(9-18)6-12(13)15/h4-6,10,18H,7-9H2,1-3H3,(H,16,19). The van der Waals surface area contributed by atoms with Gasteiger partial charge >= 0.3 is 0 Å². The zero-order valence-corrected chi connectivity index (χ0v) is 13.2. The molecular weight excluding hydrogens is 308 g/mol. The van der Waals surface area contributed by atoms with E-state index in [2.05, 4.69) is 35.1 Å². The van der Waals surface area contributed by atoms with Crippen molar-refractivity contribution in [2.75, 3.05) is 25.0 Å². The second-order valence-electron chi connectivity index (χ2n) is 5.00. The van der Waals surface area contributed by atoms with Crippen molar-refractivity contribution >= 4 is 27.5 Å². The fraction of sp³-hybridized carbons (Fsp3) is 0.500. The molecule has 106 valence electrons. The van der Waals surface area contributed by atoms with E-state index < -0.39 is 0 Å². The number of benzene rings is 1. The summed E-state index contributed by atoms with van der Waals surface area (Å²) < 4.78 is 0.873. The number of hydrogen-bond donors (Lipinski definition) is 2. The Morgan fingerprint density at radius 2 is 2.16 bits per heavy atom. The highest BCUT2D eigenvalue weighted by Gasteiger charge is 2.10. The van der Waals surface area contributed by atoms with E-state index in [9.17, 15) is 4.79 Å². The SMILES string of the molecule is CC(C)CNC(=O)CN(C)c1ccc(CO)cc1Br. The number of carbonyl (C=O) groups excluding carboxylic acids is 1. The van der Waals surface area contributed by atoms with Crippen molar-refractivity contribution in [2.45, 2.75) is 20.5 Å². The third-order valence-corrected chi connectivity index (χ3v) is 3.33. The molecular formula is C14H21BrN2O2. The molecule has 5 heteroatoms. The van der Waals surface area contributed by atoms with Crippen LogP contribution >= 0.6 is 15.9 Å². The number of carbonyl (C=O) groups is 1. The van der Waals surface area contributed by atoms with Crippen LogP contribution in [0, 0.1) is 5.92 Å². The normalized spacial score (nSPS) is 10.6. The lowest BCUT2D eigenvalue weighted by Crippen LogP contribution is -2.36. The molecule has 0 fully saturated rings. The van der Waals surface area contributed by atoms with Gasteiger partial charge in [0, 0.05) is 18.1 Å². The van der Waals surface area contributed by atoms with Gasteiger partial charge in [0.1, 0.15) is 0 Å². The summed E-state index contributed by atoms with van der Waals surface area (Å²) in [5.74, 6) is 0.458. The zero-order valence-electron chi connectivity index (χ0n) is 11.6. The van der Waals surface area contributed by atoms with Crippen molar-refractivity contribution in [1.29, 1.82) is 0 Å². The lowest BCUT2D eigenvalue weighted by molar-refractivity contribution is -0.119. The highest BCUT2D eigenvalue weighted by molar-refractivity contribution is 9.10. The molecule has 1 aromatic rings. The number of likely N-dealkylation sites (N-methyl/N-ethyl adjacent to an activating group) is 1. The Hall–Kier alpha value is -1.07. The molecule has 0 aliphatic carbocycles. The Labute approximate surface area is 122 Å². The summed E-state index contributed by atoms with van der Waals surface area (Å²) in [5, 5.41) is 11.9. The van der Waals surface area contributed by atoms with Gasteiger partial charge in [0.05, 0.1) is 18.8 Å². The maximum Gasteiger partial charge on any atom is 0.239 e. The Balaban J connectivity index is 2.62. The Bertz CT molecular complexity index is 435. The van der Waals surface area contributed by atoms with Gasteiger partial charge in [0.15, 0.2) is 0 Å². The number of rotatable bonds is 6. The van der Waals surface area contributed by atoms with Crippen molar-refractivity contribution in [3.8, 4) is 0 Å². The molecule has 19 heavy (non-hydrogen) atoms. The summed E-state index contributed by atoms with van der Waals surface area (Å²) in [5.41, 5.74) is 1.77. The van der Waals surface area contributed by atoms with Crippen LogP contribution in [0.3, 0.4) is 0 Å². The van der Waals surface area contributed by atoms with Gasteiger partial charge in [-0.15, -0.1) is 0 Å². The predicted molar refractivity (Wildman–Crippen MR) is 81.2 cm³/mol. The summed E-state index contributed by atoms with van der Waals surface area (Å²) in [7, 11) is 1.87. The number of nitrogens with zero attached hydrogens (tertiary/aromatic N) is 1. The number of halogens is 1. The molecule has 4 nitrogen and oxygen atoms in total. The molecule has 0 saturated carbocycles. The van der Waals surface area contributed by atoms with E-state index in [1.165, 1.54) is 0 Å². The molecule has 0 aliphatic heterocycles. The zero-order chi connectivity index (χ0) is 14.4. The Morgan fingerprint density at radius 3 is 2.68 bits per heavy atom. The quantitative estimate of drug-likeness (QED) is 0.841. The maximum atomic E-state index is 11.8. The van der Waals surface area contributed by atoms with Crippen LogP contribution in [0.1, 0.15) is 19.4 Å². The molecule has 0 aromatic heterocycles. The van der Waals surface area contributed by atoms with Crippen molar-refractivity contribution < 1.29 is 9.90 Å². The molecule has 0 radical (unpaired) electrons. The van der Waals surface area contributed by atoms with Crippen LogP contribution < -0.4 is 10.2 Å². The molecule has 0 saturated heterocycles. The first kappa shape index (κ1) is 16.0. The second-order valence-corrected chi connectivity index (χ2v) is 5.85. The first-order chi connectivity index (χ1) is 8.93. The number of aliphatic hydroxyl groups is 1. The number of anilines is 1. The van der Waals surface area contributed by atoms with Gasteiger partial charge in [-0.25, -0.2) is 0 Å². The average Bonchev–Trinajstić information content (AvgIpc) is 2.35. The molecule has 0 atom stereocenters. The Morgan fingerprint density at radius 1 is 1.47 bits per heavy atom. The summed E-state index contributed by atoms with van der Waals surface area (Å²) in [6.45, 7) is 5.14. The fourth-order valence-corrected chi connectivity index (χ4v) is 2.36. The molecule has 0 heterocycles. The fourth-order valence-electron chi connectivity index (χ4n) is 1.63. The monoisotopic (exact) mass is 328 g/mol. The molecule has 1 rings (SSSR count). The van der Waals surface area contributed by atoms with Crippen LogP contribution in [0.2, 0.25) is 0 Å². The predicted octanol–water partition coefficient (Wildman–Crippen LogP) is 2.15. The van der Waals surface area contributed by atoms with E-state index in [0.717, 1.165) is 15.7 Å². The number of aliphatic hydroxyl groups excluding tert-OH is 1. The van der Waals surface area contributed by atoms with Crippen LogP contribution in [0.5, 0.6) is 0 Å². The molecule has 1 amide bonds. The van der Waals surface area contributed by atoms with Crippen molar-refractivity contribution in [3.05, 3.63) is 28.2 Å². The van der Waals surface area contributed by atoms with E-state index in [1.807, 2.05) is 30.1 Å². The molecule has 0 aliphatic rings. The van der Waals surface area contributed by atoms with Crippen molar-refractivity contribution in [1.82, 2.24) is 5.32 Å². The summed E-state index contributed by atoms with van der Waals surface area (Å²) in [4.78, 5) is 13.6. The minimum atomic E-state index is 0.00864. The van der Waals surface area contributed by atoms with E-state index in [1.54, 1.807) is 0 Å². The largest absolute Gasteiger partial charge is 0.392 e. The van der Waals surface area contributed by atoms with Crippen LogP contribution in [-0.4, -0.2) is 31.2 Å². The second kappa shape index (κ2) is 7.50. The van der Waals surface area contributed by atoms with Crippen molar-refractivity contribution in [3.63, 3.8) is 0 Å². The first-order valence-corrected chi connectivity index (χ1v) is 7.10. The number of amides is 1. The van der Waals surface area contributed by atoms with Crippen LogP contribution in [0.4, 0.5) is 5.69 Å². The van der Waals surface area contributed by atoms with Crippen LogP contribution in [0.25, 0.3) is 0 Å². The van der Waals surface area contributed by atoms with E-state index in [0.29, 0.717) is 19.0 Å². The van der Waals surface area contributed by atoms with Gasteiger partial charge in [-0.2, -0.15) is 0 Å². The summed E-state index contributed by atoms with van der Waals surface area (Å²) in [6, 6.07) is 5.60. The van der Waals surface area contributed by atoms with E-state index in [4.69, 9.17) is 5.11 Å². The molecule has 1 aromatic carbocycles. The van der Waals surface area contributed by atoms with Gasteiger partial charge in [-0.3, -0.25) is 4.79 Å². The van der Waals surface area contributed by atoms with Gasteiger partial charge in [-0.05, 0) is 39.5 Å². The molecule has 0 spiro atoms. The number of nitrogens with one attached hydrogen (secondary N) is 1. The highest BCUT2D eigenvalue weighted by atomic mass is 79.9. The van der Waals surface area contributed by atoms with Gasteiger partial charge in [0.25, 0.3) is 0 Å². The van der Waals surface area contributed by atoms with Gasteiger partial charge < -0.3 is 15.3 Å². The first-order valence-electron chi connectivity index (χ1n) is 6.31. The third kappa shape index (κ3) is 5.20. The van der Waals surface area contributed by atoms with Crippen LogP contribution in [-0.2, 0) is 11.4 Å². The lowest BCUT2D eigenvalue weighted by Gasteiger charge is -2.21. The highest BCUT2D eigenvalue weighted by Crippen LogP contribution is 2.26. The smallest absolute Gasteiger partial charge is 0.239 e. The minimum Gasteiger partial charge on any atom is -0.392 e. The third-order valence-electron chi connectivity index (χ3n) is 2.69. The minimum absolute atomic E-state index is 0.00864. The summed E-state index contributed by atoms with van der Waals surface area (Å²) >= 11 is 3.46. The van der Waals surface area contributed by atoms with Gasteiger partial charge in [-0.1, -0.05) is 19.9 Å².